The Morgan fingerprint density at radius 3 is 2.68 bits per heavy atom. The molecule has 1 aromatic rings. The molecule has 1 atom stereocenters. The summed E-state index contributed by atoms with van der Waals surface area (Å²) in [4.78, 5) is 29.0. The van der Waals surface area contributed by atoms with Crippen LogP contribution in [0.25, 0.3) is 0 Å². The van der Waals surface area contributed by atoms with Gasteiger partial charge in [0.05, 0.1) is 13.2 Å². The summed E-state index contributed by atoms with van der Waals surface area (Å²) in [7, 11) is 1.69. The third kappa shape index (κ3) is 3.71. The summed E-state index contributed by atoms with van der Waals surface area (Å²) in [5.74, 6) is 0.838. The van der Waals surface area contributed by atoms with E-state index in [1.165, 1.54) is 4.90 Å². The Hall–Kier alpha value is -1.83. The molecule has 1 aliphatic carbocycles. The maximum Gasteiger partial charge on any atom is 0.325 e. The first kappa shape index (κ1) is 20.9. The number of benzene rings is 1. The fourth-order valence-corrected chi connectivity index (χ4v) is 4.69. The number of hydrogen-bond donors (Lipinski definition) is 2. The molecule has 4 rings (SSSR count). The van der Waals surface area contributed by atoms with Crippen molar-refractivity contribution in [1.82, 2.24) is 20.4 Å². The Kier molecular flexibility index (Phi) is 6.47. The molecule has 2 saturated heterocycles. The van der Waals surface area contributed by atoms with Gasteiger partial charge in [-0.15, -0.1) is 12.4 Å². The molecule has 3 amide bonds. The van der Waals surface area contributed by atoms with Crippen LogP contribution in [0.4, 0.5) is 4.79 Å². The van der Waals surface area contributed by atoms with Crippen LogP contribution in [0.15, 0.2) is 24.3 Å². The largest absolute Gasteiger partial charge is 0.496 e. The van der Waals surface area contributed by atoms with E-state index in [2.05, 4.69) is 21.6 Å². The van der Waals surface area contributed by atoms with Crippen molar-refractivity contribution < 1.29 is 14.3 Å². The van der Waals surface area contributed by atoms with Gasteiger partial charge < -0.3 is 15.4 Å². The Morgan fingerprint density at radius 2 is 1.93 bits per heavy atom. The van der Waals surface area contributed by atoms with Crippen molar-refractivity contribution in [2.45, 2.75) is 37.3 Å². The van der Waals surface area contributed by atoms with Gasteiger partial charge in [-0.3, -0.25) is 14.6 Å². The number of imide groups is 1. The Labute approximate surface area is 172 Å². The lowest BCUT2D eigenvalue weighted by atomic mass is 9.98. The minimum Gasteiger partial charge on any atom is -0.496 e. The second-order valence-corrected chi connectivity index (χ2v) is 7.67. The van der Waals surface area contributed by atoms with E-state index in [1.54, 1.807) is 7.11 Å². The van der Waals surface area contributed by atoms with Gasteiger partial charge in [-0.1, -0.05) is 31.0 Å². The zero-order valence-corrected chi connectivity index (χ0v) is 17.1. The topological polar surface area (TPSA) is 73.9 Å². The molecule has 3 fully saturated rings. The van der Waals surface area contributed by atoms with E-state index in [0.29, 0.717) is 13.1 Å². The van der Waals surface area contributed by atoms with E-state index in [0.717, 1.165) is 56.6 Å². The van der Waals surface area contributed by atoms with Gasteiger partial charge in [0.1, 0.15) is 11.3 Å². The molecule has 1 saturated carbocycles. The van der Waals surface area contributed by atoms with Crippen molar-refractivity contribution in [2.75, 3.05) is 39.8 Å². The third-order valence-corrected chi connectivity index (χ3v) is 6.17. The molecule has 154 valence electrons. The monoisotopic (exact) mass is 408 g/mol. The average molecular weight is 409 g/mol. The molecule has 28 heavy (non-hydrogen) atoms. The number of halogens is 1. The molecule has 7 nitrogen and oxygen atoms in total. The van der Waals surface area contributed by atoms with E-state index in [1.807, 2.05) is 18.2 Å². The van der Waals surface area contributed by atoms with Crippen LogP contribution in [0.2, 0.25) is 0 Å². The molecule has 2 aliphatic heterocycles. The Morgan fingerprint density at radius 1 is 1.18 bits per heavy atom. The first-order valence-electron chi connectivity index (χ1n) is 9.86. The number of methoxy groups -OCH3 is 1. The highest BCUT2D eigenvalue weighted by Gasteiger charge is 2.52. The van der Waals surface area contributed by atoms with Crippen LogP contribution in [0.5, 0.6) is 5.75 Å². The number of nitrogens with zero attached hydrogens (tertiary/aromatic N) is 2. The van der Waals surface area contributed by atoms with Crippen molar-refractivity contribution in [3.63, 3.8) is 0 Å². The van der Waals surface area contributed by atoms with E-state index >= 15 is 0 Å². The van der Waals surface area contributed by atoms with Crippen molar-refractivity contribution in [1.29, 1.82) is 0 Å². The summed E-state index contributed by atoms with van der Waals surface area (Å²) < 4.78 is 5.54. The van der Waals surface area contributed by atoms with Crippen molar-refractivity contribution in [3.8, 4) is 5.75 Å². The number of nitrogens with one attached hydrogen (secondary N) is 2. The second-order valence-electron chi connectivity index (χ2n) is 7.67. The van der Waals surface area contributed by atoms with E-state index in [4.69, 9.17) is 4.74 Å². The first-order chi connectivity index (χ1) is 13.1. The standard InChI is InChI=1S/C20H28N4O3.ClH/c1-27-17-7-3-2-6-15(17)16-14-21-10-11-23(16)12-13-24-18(25)20(22-19(24)26)8-4-5-9-20;/h2-3,6-7,16,21H,4-5,8-14H2,1H3,(H,22,26);1H. The van der Waals surface area contributed by atoms with E-state index < -0.39 is 5.54 Å². The summed E-state index contributed by atoms with van der Waals surface area (Å²) >= 11 is 0. The van der Waals surface area contributed by atoms with Crippen LogP contribution in [0.3, 0.4) is 0 Å². The maximum atomic E-state index is 12.9. The highest BCUT2D eigenvalue weighted by atomic mass is 35.5. The summed E-state index contributed by atoms with van der Waals surface area (Å²) in [5, 5.41) is 6.41. The second kappa shape index (κ2) is 8.68. The lowest BCUT2D eigenvalue weighted by Gasteiger charge is -2.37. The van der Waals surface area contributed by atoms with Gasteiger partial charge in [0.15, 0.2) is 0 Å². The van der Waals surface area contributed by atoms with Crippen molar-refractivity contribution in [2.24, 2.45) is 0 Å². The molecule has 2 heterocycles. The SMILES string of the molecule is COc1ccccc1C1CNCCN1CCN1C(=O)NC2(CCCC2)C1=O.Cl. The maximum absolute atomic E-state index is 12.9. The van der Waals surface area contributed by atoms with Crippen LogP contribution >= 0.6 is 12.4 Å². The normalized spacial score (nSPS) is 24.3. The molecule has 1 aromatic carbocycles. The molecular weight excluding hydrogens is 380 g/mol. The zero-order chi connectivity index (χ0) is 18.9. The number of carbonyl (C=O) groups excluding carboxylic acids is 2. The van der Waals surface area contributed by atoms with Crippen LogP contribution in [0, 0.1) is 0 Å². The fourth-order valence-electron chi connectivity index (χ4n) is 4.69. The number of ether oxygens (including phenoxy) is 1. The predicted octanol–water partition coefficient (Wildman–Crippen LogP) is 1.93. The molecule has 3 aliphatic rings. The number of piperazine rings is 1. The molecule has 0 bridgehead atoms. The van der Waals surface area contributed by atoms with Crippen LogP contribution in [-0.4, -0.2) is 67.1 Å². The first-order valence-corrected chi connectivity index (χ1v) is 9.86. The van der Waals surface area contributed by atoms with Crippen LogP contribution < -0.4 is 15.4 Å². The minimum atomic E-state index is -0.622. The lowest BCUT2D eigenvalue weighted by molar-refractivity contribution is -0.131. The van der Waals surface area contributed by atoms with Gasteiger partial charge in [-0.2, -0.15) is 0 Å². The molecule has 1 spiro atoms. The number of hydrogen-bond acceptors (Lipinski definition) is 5. The smallest absolute Gasteiger partial charge is 0.325 e. The molecule has 8 heteroatoms. The Balaban J connectivity index is 0.00000225. The summed E-state index contributed by atoms with van der Waals surface area (Å²) in [6.07, 6.45) is 3.55. The number of rotatable bonds is 5. The highest BCUT2D eigenvalue weighted by molar-refractivity contribution is 6.07. The predicted molar refractivity (Wildman–Crippen MR) is 109 cm³/mol. The molecule has 2 N–H and O–H groups in total. The molecule has 1 unspecified atom stereocenters. The van der Waals surface area contributed by atoms with Gasteiger partial charge in [-0.05, 0) is 18.9 Å². The summed E-state index contributed by atoms with van der Waals surface area (Å²) in [6.45, 7) is 3.69. The van der Waals surface area contributed by atoms with Crippen LogP contribution in [-0.2, 0) is 4.79 Å². The van der Waals surface area contributed by atoms with Crippen LogP contribution in [0.1, 0.15) is 37.3 Å². The number of amides is 3. The van der Waals surface area contributed by atoms with Crippen molar-refractivity contribution in [3.05, 3.63) is 29.8 Å². The fraction of sp³-hybridized carbons (Fsp3) is 0.600. The third-order valence-electron chi connectivity index (χ3n) is 6.17. The minimum absolute atomic E-state index is 0. The quantitative estimate of drug-likeness (QED) is 0.728. The number of para-hydroxylation sites is 1. The average Bonchev–Trinajstić information content (AvgIpc) is 3.26. The van der Waals surface area contributed by atoms with Gasteiger partial charge in [0, 0.05) is 38.3 Å². The van der Waals surface area contributed by atoms with Crippen molar-refractivity contribution >= 4 is 24.3 Å². The lowest BCUT2D eigenvalue weighted by Crippen LogP contribution is -2.49. The summed E-state index contributed by atoms with van der Waals surface area (Å²) in [5.41, 5.74) is 0.513. The Bertz CT molecular complexity index is 723. The van der Waals surface area contributed by atoms with Gasteiger partial charge >= 0.3 is 6.03 Å². The molecule has 0 radical (unpaired) electrons. The van der Waals surface area contributed by atoms with Gasteiger partial charge in [0.25, 0.3) is 5.91 Å². The van der Waals surface area contributed by atoms with Gasteiger partial charge in [-0.25, -0.2) is 4.79 Å². The highest BCUT2D eigenvalue weighted by Crippen LogP contribution is 2.35. The molecular formula is C20H29ClN4O3. The zero-order valence-electron chi connectivity index (χ0n) is 16.3. The van der Waals surface area contributed by atoms with E-state index in [9.17, 15) is 9.59 Å². The van der Waals surface area contributed by atoms with Gasteiger partial charge in [0.2, 0.25) is 0 Å². The summed E-state index contributed by atoms with van der Waals surface area (Å²) in [6, 6.07) is 7.99. The van der Waals surface area contributed by atoms with E-state index in [-0.39, 0.29) is 30.4 Å². The number of urea groups is 1. The number of carbonyl (C=O) groups is 2. The molecule has 0 aromatic heterocycles.